The first-order valence-corrected chi connectivity index (χ1v) is 10.3. The topological polar surface area (TPSA) is 68.4 Å². The van der Waals surface area contributed by atoms with Gasteiger partial charge in [0, 0.05) is 41.8 Å². The van der Waals surface area contributed by atoms with Crippen LogP contribution in [0.25, 0.3) is 17.0 Å². The van der Waals surface area contributed by atoms with Gasteiger partial charge in [-0.25, -0.2) is 9.87 Å². The number of benzene rings is 2. The molecule has 0 radical (unpaired) electrons. The van der Waals surface area contributed by atoms with Crippen molar-refractivity contribution in [2.24, 2.45) is 0 Å². The molecule has 1 aliphatic rings. The van der Waals surface area contributed by atoms with Crippen LogP contribution in [0, 0.1) is 5.82 Å². The number of carbonyl (C=O) groups is 1. The predicted molar refractivity (Wildman–Crippen MR) is 116 cm³/mol. The molecule has 0 spiro atoms. The number of hydroxylamine groups is 1. The third kappa shape index (κ3) is 4.61. The van der Waals surface area contributed by atoms with Gasteiger partial charge in [0.05, 0.1) is 0 Å². The molecule has 4 rings (SSSR count). The number of aromatic nitrogens is 1. The van der Waals surface area contributed by atoms with E-state index in [0.29, 0.717) is 23.6 Å². The van der Waals surface area contributed by atoms with Crippen LogP contribution in [-0.2, 0) is 11.3 Å². The van der Waals surface area contributed by atoms with Crippen molar-refractivity contribution in [1.82, 2.24) is 15.4 Å². The average molecular weight is 407 g/mol. The zero-order chi connectivity index (χ0) is 20.9. The highest BCUT2D eigenvalue weighted by Crippen LogP contribution is 2.32. The van der Waals surface area contributed by atoms with Crippen molar-refractivity contribution >= 4 is 22.9 Å². The van der Waals surface area contributed by atoms with Crippen molar-refractivity contribution < 1.29 is 14.4 Å². The molecule has 0 saturated carbocycles. The SMILES string of the molecule is O=C(/C=C/c1ccc(CN2CCCCC(c3c[nH]c4ccccc34)C2)c(F)c1)NO. The quantitative estimate of drug-likeness (QED) is 0.329. The monoisotopic (exact) mass is 407 g/mol. The van der Waals surface area contributed by atoms with Crippen molar-refractivity contribution in [2.75, 3.05) is 13.1 Å². The van der Waals surface area contributed by atoms with Gasteiger partial charge in [-0.1, -0.05) is 36.8 Å². The summed E-state index contributed by atoms with van der Waals surface area (Å²) in [5, 5.41) is 9.81. The molecule has 1 saturated heterocycles. The van der Waals surface area contributed by atoms with Gasteiger partial charge in [-0.3, -0.25) is 14.9 Å². The minimum atomic E-state index is -0.646. The average Bonchev–Trinajstić information content (AvgIpc) is 3.06. The number of aromatic amines is 1. The first kappa shape index (κ1) is 20.3. The number of para-hydroxylation sites is 1. The lowest BCUT2D eigenvalue weighted by molar-refractivity contribution is -0.124. The van der Waals surface area contributed by atoms with Gasteiger partial charge in [0.15, 0.2) is 0 Å². The van der Waals surface area contributed by atoms with E-state index in [2.05, 4.69) is 34.3 Å². The molecule has 1 aromatic heterocycles. The molecule has 156 valence electrons. The lowest BCUT2D eigenvalue weighted by atomic mass is 9.94. The van der Waals surface area contributed by atoms with Crippen molar-refractivity contribution in [3.8, 4) is 0 Å². The summed E-state index contributed by atoms with van der Waals surface area (Å²) in [5.41, 5.74) is 5.25. The molecular formula is C24H26FN3O2. The minimum absolute atomic E-state index is 0.283. The highest BCUT2D eigenvalue weighted by molar-refractivity contribution is 5.90. The molecule has 6 heteroatoms. The van der Waals surface area contributed by atoms with Gasteiger partial charge in [0.2, 0.25) is 0 Å². The first-order valence-electron chi connectivity index (χ1n) is 10.3. The van der Waals surface area contributed by atoms with Gasteiger partial charge in [-0.15, -0.1) is 0 Å². The normalized spacial score (nSPS) is 18.0. The number of carbonyl (C=O) groups excluding carboxylic acids is 1. The Labute approximate surface area is 175 Å². The molecule has 1 fully saturated rings. The largest absolute Gasteiger partial charge is 0.361 e. The van der Waals surface area contributed by atoms with Crippen molar-refractivity contribution in [1.29, 1.82) is 0 Å². The third-order valence-electron chi connectivity index (χ3n) is 5.83. The summed E-state index contributed by atoms with van der Waals surface area (Å²) in [7, 11) is 0. The van der Waals surface area contributed by atoms with Gasteiger partial charge < -0.3 is 4.98 Å². The summed E-state index contributed by atoms with van der Waals surface area (Å²) < 4.78 is 14.7. The van der Waals surface area contributed by atoms with E-state index in [1.54, 1.807) is 12.1 Å². The third-order valence-corrected chi connectivity index (χ3v) is 5.83. The number of nitrogens with one attached hydrogen (secondary N) is 2. The van der Waals surface area contributed by atoms with Crippen LogP contribution in [0.4, 0.5) is 4.39 Å². The molecule has 5 nitrogen and oxygen atoms in total. The Kier molecular flexibility index (Phi) is 6.26. The number of rotatable bonds is 5. The van der Waals surface area contributed by atoms with Crippen molar-refractivity contribution in [2.45, 2.75) is 31.7 Å². The lowest BCUT2D eigenvalue weighted by Crippen LogP contribution is -2.27. The summed E-state index contributed by atoms with van der Waals surface area (Å²) in [4.78, 5) is 16.8. The molecule has 3 aromatic rings. The van der Waals surface area contributed by atoms with E-state index >= 15 is 0 Å². The molecule has 0 bridgehead atoms. The molecule has 0 aliphatic carbocycles. The van der Waals surface area contributed by atoms with Crippen LogP contribution in [0.3, 0.4) is 0 Å². The Hall–Kier alpha value is -2.96. The van der Waals surface area contributed by atoms with Gasteiger partial charge in [-0.2, -0.15) is 0 Å². The summed E-state index contributed by atoms with van der Waals surface area (Å²) in [6.45, 7) is 2.42. The summed E-state index contributed by atoms with van der Waals surface area (Å²) >= 11 is 0. The highest BCUT2D eigenvalue weighted by Gasteiger charge is 2.22. The summed E-state index contributed by atoms with van der Waals surface area (Å²) in [6.07, 6.45) is 8.17. The van der Waals surface area contributed by atoms with Crippen LogP contribution in [0.15, 0.2) is 54.7 Å². The standard InChI is InChI=1S/C24H26FN3O2/c25-22-13-17(9-11-24(29)27-30)8-10-19(22)16-28-12-4-3-5-18(15-28)21-14-26-23-7-2-1-6-20(21)23/h1-2,6-11,13-14,18,26,30H,3-5,12,15-16H2,(H,27,29)/b11-9+. The summed E-state index contributed by atoms with van der Waals surface area (Å²) in [5.74, 6) is -0.507. The molecule has 1 amide bonds. The van der Waals surface area contributed by atoms with E-state index in [1.807, 2.05) is 6.07 Å². The molecule has 1 unspecified atom stereocenters. The second-order valence-electron chi connectivity index (χ2n) is 7.88. The van der Waals surface area contributed by atoms with Crippen LogP contribution >= 0.6 is 0 Å². The zero-order valence-corrected chi connectivity index (χ0v) is 16.8. The number of hydrogen-bond donors (Lipinski definition) is 3. The van der Waals surface area contributed by atoms with Crippen LogP contribution in [0.5, 0.6) is 0 Å². The number of fused-ring (bicyclic) bond motifs is 1. The predicted octanol–water partition coefficient (Wildman–Crippen LogP) is 4.60. The van der Waals surface area contributed by atoms with Crippen LogP contribution in [-0.4, -0.2) is 34.1 Å². The molecule has 2 heterocycles. The molecule has 1 atom stereocenters. The zero-order valence-electron chi connectivity index (χ0n) is 16.8. The Balaban J connectivity index is 1.48. The van der Waals surface area contributed by atoms with Gasteiger partial charge in [-0.05, 0) is 54.6 Å². The van der Waals surface area contributed by atoms with E-state index in [9.17, 15) is 9.18 Å². The highest BCUT2D eigenvalue weighted by atomic mass is 19.1. The van der Waals surface area contributed by atoms with E-state index < -0.39 is 5.91 Å². The number of nitrogens with zero attached hydrogens (tertiary/aromatic N) is 1. The van der Waals surface area contributed by atoms with E-state index in [0.717, 1.165) is 37.5 Å². The van der Waals surface area contributed by atoms with E-state index in [-0.39, 0.29) is 5.82 Å². The van der Waals surface area contributed by atoms with Crippen LogP contribution < -0.4 is 5.48 Å². The van der Waals surface area contributed by atoms with Gasteiger partial charge in [0.25, 0.3) is 5.91 Å². The Morgan fingerprint density at radius 3 is 2.97 bits per heavy atom. The fraction of sp³-hybridized carbons (Fsp3) is 0.292. The second-order valence-corrected chi connectivity index (χ2v) is 7.88. The Morgan fingerprint density at radius 2 is 2.13 bits per heavy atom. The first-order chi connectivity index (χ1) is 14.6. The van der Waals surface area contributed by atoms with Crippen molar-refractivity contribution in [3.63, 3.8) is 0 Å². The smallest absolute Gasteiger partial charge is 0.267 e. The molecule has 2 aromatic carbocycles. The summed E-state index contributed by atoms with van der Waals surface area (Å²) in [6, 6.07) is 13.4. The number of H-pyrrole nitrogens is 1. The number of halogens is 1. The van der Waals surface area contributed by atoms with Gasteiger partial charge >= 0.3 is 0 Å². The molecule has 1 aliphatic heterocycles. The van der Waals surface area contributed by atoms with Crippen LogP contribution in [0.2, 0.25) is 0 Å². The number of likely N-dealkylation sites (tertiary alicyclic amines) is 1. The number of hydrogen-bond acceptors (Lipinski definition) is 3. The fourth-order valence-corrected chi connectivity index (χ4v) is 4.30. The fourth-order valence-electron chi connectivity index (χ4n) is 4.30. The van der Waals surface area contributed by atoms with E-state index in [4.69, 9.17) is 5.21 Å². The van der Waals surface area contributed by atoms with Crippen molar-refractivity contribution in [3.05, 3.63) is 77.2 Å². The molecular weight excluding hydrogens is 381 g/mol. The van der Waals surface area contributed by atoms with Gasteiger partial charge in [0.1, 0.15) is 5.82 Å². The minimum Gasteiger partial charge on any atom is -0.361 e. The van der Waals surface area contributed by atoms with Crippen LogP contribution in [0.1, 0.15) is 41.9 Å². The maximum Gasteiger partial charge on any atom is 0.267 e. The maximum absolute atomic E-state index is 14.7. The lowest BCUT2D eigenvalue weighted by Gasteiger charge is -2.24. The van der Waals surface area contributed by atoms with E-state index in [1.165, 1.54) is 35.0 Å². The Morgan fingerprint density at radius 1 is 1.27 bits per heavy atom. The maximum atomic E-state index is 14.7. The molecule has 30 heavy (non-hydrogen) atoms. The number of amides is 1. The molecule has 3 N–H and O–H groups in total. The Bertz CT molecular complexity index is 1060. The second kappa shape index (κ2) is 9.24.